The van der Waals surface area contributed by atoms with Gasteiger partial charge in [-0.1, -0.05) is 30.3 Å². The Kier molecular flexibility index (Phi) is 1.74. The number of rotatable bonds is 0. The molecular formula is C19H12N2S. The third-order valence-electron chi connectivity index (χ3n) is 4.87. The summed E-state index contributed by atoms with van der Waals surface area (Å²) in [4.78, 5) is 1.43. The maximum Gasteiger partial charge on any atom is 0.125 e. The zero-order valence-electron chi connectivity index (χ0n) is 12.0. The van der Waals surface area contributed by atoms with Crippen molar-refractivity contribution in [2.45, 2.75) is 0 Å². The predicted octanol–water partition coefficient (Wildman–Crippen LogP) is 5.29. The fraction of sp³-hybridized carbons (Fsp3) is 0.0526. The molecule has 0 atom stereocenters. The van der Waals surface area contributed by atoms with Crippen LogP contribution in [0.5, 0.6) is 0 Å². The van der Waals surface area contributed by atoms with Crippen molar-refractivity contribution in [2.75, 3.05) is 0 Å². The van der Waals surface area contributed by atoms with E-state index in [1.165, 1.54) is 48.2 Å². The lowest BCUT2D eigenvalue weighted by molar-refractivity contribution is 0.961. The highest BCUT2D eigenvalue weighted by molar-refractivity contribution is 7.23. The molecule has 2 nitrogen and oxygen atoms in total. The second-order valence-corrected chi connectivity index (χ2v) is 7.03. The van der Waals surface area contributed by atoms with E-state index in [4.69, 9.17) is 0 Å². The van der Waals surface area contributed by atoms with Gasteiger partial charge in [0.1, 0.15) is 5.65 Å². The molecule has 0 N–H and O–H groups in total. The number of aryl methyl sites for hydroxylation is 1. The molecule has 0 unspecified atom stereocenters. The molecule has 0 radical (unpaired) electrons. The Morgan fingerprint density at radius 2 is 1.82 bits per heavy atom. The van der Waals surface area contributed by atoms with Crippen LogP contribution in [0.15, 0.2) is 54.9 Å². The highest BCUT2D eigenvalue weighted by Crippen LogP contribution is 2.56. The molecule has 0 spiro atoms. The number of imidazole rings is 1. The van der Waals surface area contributed by atoms with E-state index < -0.39 is 0 Å². The number of thiophene rings is 1. The van der Waals surface area contributed by atoms with Crippen LogP contribution in [0.3, 0.4) is 0 Å². The highest BCUT2D eigenvalue weighted by atomic mass is 32.1. The number of nitrogens with zero attached hydrogens (tertiary/aromatic N) is 2. The van der Waals surface area contributed by atoms with Gasteiger partial charge >= 0.3 is 0 Å². The monoisotopic (exact) mass is 300 g/mol. The summed E-state index contributed by atoms with van der Waals surface area (Å²) >= 11 is 1.92. The van der Waals surface area contributed by atoms with Gasteiger partial charge in [0.25, 0.3) is 0 Å². The average Bonchev–Trinajstić information content (AvgIpc) is 3.24. The largest absolute Gasteiger partial charge is 0.335 e. The molecule has 1 aliphatic carbocycles. The van der Waals surface area contributed by atoms with Crippen molar-refractivity contribution < 1.29 is 0 Å². The van der Waals surface area contributed by atoms with E-state index in [2.05, 4.69) is 70.9 Å². The Bertz CT molecular complexity index is 1230. The van der Waals surface area contributed by atoms with Gasteiger partial charge in [0.15, 0.2) is 0 Å². The first-order valence-corrected chi connectivity index (χ1v) is 8.26. The normalized spacial score (nSPS) is 12.8. The summed E-state index contributed by atoms with van der Waals surface area (Å²) in [5.74, 6) is 0. The molecule has 0 amide bonds. The SMILES string of the molecule is Cn1ccn2c3cccc4c3c(c12)-c1c-4sc2ccccc12. The molecule has 3 aromatic heterocycles. The van der Waals surface area contributed by atoms with Crippen molar-refractivity contribution in [2.24, 2.45) is 7.05 Å². The fourth-order valence-corrected chi connectivity index (χ4v) is 5.23. The third kappa shape index (κ3) is 1.04. The maximum absolute atomic E-state index is 2.32. The Balaban J connectivity index is 1.98. The first-order chi connectivity index (χ1) is 10.8. The fourth-order valence-electron chi connectivity index (χ4n) is 3.99. The predicted molar refractivity (Wildman–Crippen MR) is 93.7 cm³/mol. The summed E-state index contributed by atoms with van der Waals surface area (Å²) in [6.45, 7) is 0. The maximum atomic E-state index is 2.32. The van der Waals surface area contributed by atoms with Crippen LogP contribution in [0, 0.1) is 0 Å². The Morgan fingerprint density at radius 3 is 2.77 bits per heavy atom. The molecule has 0 fully saturated rings. The summed E-state index contributed by atoms with van der Waals surface area (Å²) < 4.78 is 5.94. The standard InChI is InChI=1S/C19H12N2S/c1-20-9-10-21-13-7-4-6-12-15(13)17(19(20)21)16-11-5-2-3-8-14(11)22-18(12)16/h2-10H,1H3. The molecule has 0 saturated carbocycles. The zero-order valence-corrected chi connectivity index (χ0v) is 12.8. The second-order valence-electron chi connectivity index (χ2n) is 5.98. The Morgan fingerprint density at radius 1 is 0.909 bits per heavy atom. The lowest BCUT2D eigenvalue weighted by Crippen LogP contribution is -1.87. The summed E-state index contributed by atoms with van der Waals surface area (Å²) in [7, 11) is 2.14. The first kappa shape index (κ1) is 11.1. The van der Waals surface area contributed by atoms with E-state index in [0.717, 1.165) is 0 Å². The molecule has 22 heavy (non-hydrogen) atoms. The van der Waals surface area contributed by atoms with Crippen LogP contribution in [0.1, 0.15) is 0 Å². The van der Waals surface area contributed by atoms with E-state index in [-0.39, 0.29) is 0 Å². The van der Waals surface area contributed by atoms with Crippen molar-refractivity contribution in [3.63, 3.8) is 0 Å². The minimum atomic E-state index is 1.30. The summed E-state index contributed by atoms with van der Waals surface area (Å²) in [6, 6.07) is 15.5. The molecule has 2 aromatic carbocycles. The highest BCUT2D eigenvalue weighted by Gasteiger charge is 2.30. The minimum Gasteiger partial charge on any atom is -0.335 e. The van der Waals surface area contributed by atoms with Gasteiger partial charge in [0.05, 0.1) is 5.52 Å². The summed E-state index contributed by atoms with van der Waals surface area (Å²) in [5.41, 5.74) is 6.84. The van der Waals surface area contributed by atoms with E-state index >= 15 is 0 Å². The van der Waals surface area contributed by atoms with Gasteiger partial charge in [-0.05, 0) is 12.1 Å². The van der Waals surface area contributed by atoms with E-state index in [0.29, 0.717) is 0 Å². The van der Waals surface area contributed by atoms with Gasteiger partial charge in [-0.15, -0.1) is 11.3 Å². The second kappa shape index (κ2) is 3.45. The summed E-state index contributed by atoms with van der Waals surface area (Å²) in [5, 5.41) is 2.80. The van der Waals surface area contributed by atoms with E-state index in [1.54, 1.807) is 0 Å². The van der Waals surface area contributed by atoms with Crippen LogP contribution in [0.2, 0.25) is 0 Å². The molecule has 6 rings (SSSR count). The number of aromatic nitrogens is 2. The molecule has 0 saturated heterocycles. The van der Waals surface area contributed by atoms with Crippen molar-refractivity contribution in [3.8, 4) is 21.6 Å². The molecule has 0 aliphatic heterocycles. The summed E-state index contributed by atoms with van der Waals surface area (Å²) in [6.07, 6.45) is 4.31. The van der Waals surface area contributed by atoms with Gasteiger partial charge in [0, 0.05) is 56.5 Å². The van der Waals surface area contributed by atoms with Crippen LogP contribution in [0.4, 0.5) is 0 Å². The van der Waals surface area contributed by atoms with Gasteiger partial charge < -0.3 is 8.97 Å². The molecule has 3 heteroatoms. The molecular weight excluding hydrogens is 288 g/mol. The lowest BCUT2D eigenvalue weighted by atomic mass is 10.1. The number of benzene rings is 2. The molecule has 0 bridgehead atoms. The van der Waals surface area contributed by atoms with Crippen molar-refractivity contribution in [1.82, 2.24) is 8.97 Å². The average molecular weight is 300 g/mol. The zero-order chi connectivity index (χ0) is 14.4. The topological polar surface area (TPSA) is 9.34 Å². The Hall–Kier alpha value is -2.52. The smallest absolute Gasteiger partial charge is 0.125 e. The van der Waals surface area contributed by atoms with Gasteiger partial charge in [-0.2, -0.15) is 0 Å². The van der Waals surface area contributed by atoms with Crippen LogP contribution in [-0.2, 0) is 7.05 Å². The third-order valence-corrected chi connectivity index (χ3v) is 6.07. The van der Waals surface area contributed by atoms with Crippen LogP contribution in [0.25, 0.3) is 48.2 Å². The number of hydrogen-bond donors (Lipinski definition) is 0. The first-order valence-electron chi connectivity index (χ1n) is 7.45. The van der Waals surface area contributed by atoms with Gasteiger partial charge in [-0.3, -0.25) is 0 Å². The quantitative estimate of drug-likeness (QED) is 0.360. The van der Waals surface area contributed by atoms with Gasteiger partial charge in [-0.25, -0.2) is 0 Å². The number of fused-ring (bicyclic) bond motifs is 8. The molecule has 1 aliphatic rings. The van der Waals surface area contributed by atoms with Crippen LogP contribution >= 0.6 is 11.3 Å². The van der Waals surface area contributed by atoms with E-state index in [9.17, 15) is 0 Å². The number of hydrogen-bond acceptors (Lipinski definition) is 1. The van der Waals surface area contributed by atoms with Crippen molar-refractivity contribution >= 4 is 38.0 Å². The lowest BCUT2D eigenvalue weighted by Gasteiger charge is -2.00. The minimum absolute atomic E-state index is 1.30. The van der Waals surface area contributed by atoms with Crippen molar-refractivity contribution in [3.05, 3.63) is 54.9 Å². The van der Waals surface area contributed by atoms with Crippen LogP contribution in [-0.4, -0.2) is 8.97 Å². The molecule has 104 valence electrons. The van der Waals surface area contributed by atoms with E-state index in [1.807, 2.05) is 11.3 Å². The van der Waals surface area contributed by atoms with Gasteiger partial charge in [0.2, 0.25) is 0 Å². The molecule has 5 aromatic rings. The Labute approximate surface area is 130 Å². The van der Waals surface area contributed by atoms with Crippen LogP contribution < -0.4 is 0 Å². The van der Waals surface area contributed by atoms with Crippen molar-refractivity contribution in [1.29, 1.82) is 0 Å². The molecule has 3 heterocycles.